The molecule has 0 amide bonds. The highest BCUT2D eigenvalue weighted by Gasteiger charge is 2.28. The van der Waals surface area contributed by atoms with Gasteiger partial charge in [-0.05, 0) is 17.9 Å². The summed E-state index contributed by atoms with van der Waals surface area (Å²) in [5.74, 6) is 0.791. The molecule has 0 aromatic carbocycles. The van der Waals surface area contributed by atoms with Gasteiger partial charge in [0, 0.05) is 6.54 Å². The first-order chi connectivity index (χ1) is 8.65. The minimum atomic E-state index is -3.08. The number of thiophene rings is 1. The largest absolute Gasteiger partial charge is 0.444 e. The van der Waals surface area contributed by atoms with Gasteiger partial charge in [-0.15, -0.1) is 11.3 Å². The molecule has 7 heteroatoms. The lowest BCUT2D eigenvalue weighted by Crippen LogP contribution is -2.25. The molecule has 2 aromatic heterocycles. The molecular weight excluding hydrogens is 272 g/mol. The monoisotopic (exact) mass is 284 g/mol. The normalized spacial score (nSPS) is 19.3. The minimum absolute atomic E-state index is 0.239. The van der Waals surface area contributed by atoms with Crippen LogP contribution < -0.4 is 0 Å². The fourth-order valence-corrected chi connectivity index (χ4v) is 4.09. The standard InChI is InChI=1S/C11H12N2O3S2/c14-18(15)6-2-4-13(18)7-9-8-16-11(12-9)10-3-1-5-17-10/h1,3,5,8H,2,4,6-7H2. The smallest absolute Gasteiger partial charge is 0.236 e. The van der Waals surface area contributed by atoms with Gasteiger partial charge in [-0.1, -0.05) is 6.07 Å². The van der Waals surface area contributed by atoms with Crippen LogP contribution in [-0.2, 0) is 16.6 Å². The highest BCUT2D eigenvalue weighted by atomic mass is 32.2. The van der Waals surface area contributed by atoms with E-state index in [1.54, 1.807) is 11.3 Å². The average Bonchev–Trinajstić information content (AvgIpc) is 3.02. The van der Waals surface area contributed by atoms with Crippen molar-refractivity contribution in [3.05, 3.63) is 29.5 Å². The maximum absolute atomic E-state index is 11.7. The van der Waals surface area contributed by atoms with Gasteiger partial charge < -0.3 is 4.42 Å². The van der Waals surface area contributed by atoms with Gasteiger partial charge >= 0.3 is 0 Å². The zero-order chi connectivity index (χ0) is 12.6. The van der Waals surface area contributed by atoms with E-state index in [9.17, 15) is 8.42 Å². The molecule has 5 nitrogen and oxygen atoms in total. The lowest BCUT2D eigenvalue weighted by molar-refractivity contribution is 0.434. The van der Waals surface area contributed by atoms with E-state index in [0.29, 0.717) is 31.1 Å². The summed E-state index contributed by atoms with van der Waals surface area (Å²) in [5, 5.41) is 1.95. The second-order valence-corrected chi connectivity index (χ2v) is 7.16. The van der Waals surface area contributed by atoms with E-state index in [4.69, 9.17) is 4.42 Å². The molecule has 18 heavy (non-hydrogen) atoms. The number of sulfonamides is 1. The van der Waals surface area contributed by atoms with Crippen molar-refractivity contribution in [2.75, 3.05) is 12.3 Å². The number of hydrogen-bond donors (Lipinski definition) is 0. The fraction of sp³-hybridized carbons (Fsp3) is 0.364. The summed E-state index contributed by atoms with van der Waals surface area (Å²) in [4.78, 5) is 5.27. The Morgan fingerprint density at radius 3 is 3.06 bits per heavy atom. The molecule has 96 valence electrons. The highest BCUT2D eigenvalue weighted by molar-refractivity contribution is 7.89. The number of aromatic nitrogens is 1. The third-order valence-electron chi connectivity index (χ3n) is 2.83. The number of rotatable bonds is 3. The molecule has 3 rings (SSSR count). The molecule has 0 unspecified atom stereocenters. The van der Waals surface area contributed by atoms with Gasteiger partial charge in [0.15, 0.2) is 0 Å². The molecule has 0 atom stereocenters. The number of nitrogens with zero attached hydrogens (tertiary/aromatic N) is 2. The predicted molar refractivity (Wildman–Crippen MR) is 68.6 cm³/mol. The first-order valence-electron chi connectivity index (χ1n) is 5.61. The van der Waals surface area contributed by atoms with Crippen LogP contribution in [0.1, 0.15) is 12.1 Å². The van der Waals surface area contributed by atoms with E-state index in [2.05, 4.69) is 4.98 Å². The molecule has 3 heterocycles. The number of hydrogen-bond acceptors (Lipinski definition) is 5. The molecule has 2 aromatic rings. The van der Waals surface area contributed by atoms with Gasteiger partial charge in [0.05, 0.1) is 22.9 Å². The molecule has 0 N–H and O–H groups in total. The molecule has 0 aliphatic carbocycles. The Hall–Kier alpha value is -1.18. The van der Waals surface area contributed by atoms with Crippen molar-refractivity contribution < 1.29 is 12.8 Å². The lowest BCUT2D eigenvalue weighted by atomic mass is 10.4. The van der Waals surface area contributed by atoms with Gasteiger partial charge in [-0.3, -0.25) is 0 Å². The molecule has 0 saturated carbocycles. The van der Waals surface area contributed by atoms with E-state index < -0.39 is 10.0 Å². The first-order valence-corrected chi connectivity index (χ1v) is 8.10. The fourth-order valence-electron chi connectivity index (χ4n) is 1.94. The van der Waals surface area contributed by atoms with Crippen molar-refractivity contribution in [3.8, 4) is 10.8 Å². The molecule has 0 spiro atoms. The van der Waals surface area contributed by atoms with E-state index in [1.165, 1.54) is 10.6 Å². The summed E-state index contributed by atoms with van der Waals surface area (Å²) in [5.41, 5.74) is 0.656. The summed E-state index contributed by atoms with van der Waals surface area (Å²) >= 11 is 1.54. The summed E-state index contributed by atoms with van der Waals surface area (Å²) in [7, 11) is -3.08. The van der Waals surface area contributed by atoms with Crippen LogP contribution in [0.2, 0.25) is 0 Å². The Morgan fingerprint density at radius 2 is 2.39 bits per heavy atom. The molecule has 0 bridgehead atoms. The maximum Gasteiger partial charge on any atom is 0.236 e. The third-order valence-corrected chi connectivity index (χ3v) is 5.59. The van der Waals surface area contributed by atoms with E-state index in [-0.39, 0.29) is 5.75 Å². The molecule has 1 fully saturated rings. The van der Waals surface area contributed by atoms with Crippen molar-refractivity contribution in [2.45, 2.75) is 13.0 Å². The quantitative estimate of drug-likeness (QED) is 0.864. The Labute approximate surface area is 109 Å². The van der Waals surface area contributed by atoms with Gasteiger partial charge in [0.2, 0.25) is 15.9 Å². The molecule has 1 aliphatic rings. The Morgan fingerprint density at radius 1 is 1.50 bits per heavy atom. The Kier molecular flexibility index (Phi) is 2.96. The second-order valence-electron chi connectivity index (χ2n) is 4.12. The average molecular weight is 284 g/mol. The maximum atomic E-state index is 11.7. The van der Waals surface area contributed by atoms with Crippen LogP contribution in [0.15, 0.2) is 28.2 Å². The van der Waals surface area contributed by atoms with Gasteiger partial charge in [-0.25, -0.2) is 13.4 Å². The molecule has 0 radical (unpaired) electrons. The summed E-state index contributed by atoms with van der Waals surface area (Å²) in [6.45, 7) is 0.876. The van der Waals surface area contributed by atoms with Crippen molar-refractivity contribution in [3.63, 3.8) is 0 Å². The number of oxazole rings is 1. The van der Waals surface area contributed by atoms with Crippen molar-refractivity contribution in [1.29, 1.82) is 0 Å². The van der Waals surface area contributed by atoms with E-state index in [1.807, 2.05) is 17.5 Å². The highest BCUT2D eigenvalue weighted by Crippen LogP contribution is 2.25. The predicted octanol–water partition coefficient (Wildman–Crippen LogP) is 1.94. The van der Waals surface area contributed by atoms with Crippen LogP contribution in [0.3, 0.4) is 0 Å². The van der Waals surface area contributed by atoms with Crippen molar-refractivity contribution in [2.24, 2.45) is 0 Å². The SMILES string of the molecule is O=S1(=O)CCCN1Cc1coc(-c2cccs2)n1. The molecular formula is C11H12N2O3S2. The summed E-state index contributed by atoms with van der Waals surface area (Å²) < 4.78 is 30.2. The van der Waals surface area contributed by atoms with Crippen LogP contribution in [0, 0.1) is 0 Å². The van der Waals surface area contributed by atoms with Gasteiger partial charge in [0.1, 0.15) is 6.26 Å². The summed E-state index contributed by atoms with van der Waals surface area (Å²) in [6.07, 6.45) is 2.22. The van der Waals surface area contributed by atoms with Gasteiger partial charge in [0.25, 0.3) is 0 Å². The van der Waals surface area contributed by atoms with E-state index >= 15 is 0 Å². The minimum Gasteiger partial charge on any atom is -0.444 e. The summed E-state index contributed by atoms with van der Waals surface area (Å²) in [6, 6.07) is 3.85. The second kappa shape index (κ2) is 4.49. The molecule has 1 aliphatic heterocycles. The van der Waals surface area contributed by atoms with Crippen molar-refractivity contribution >= 4 is 21.4 Å². The van der Waals surface area contributed by atoms with Crippen LogP contribution in [-0.4, -0.2) is 30.0 Å². The topological polar surface area (TPSA) is 63.4 Å². The molecule has 1 saturated heterocycles. The first kappa shape index (κ1) is 11.9. The lowest BCUT2D eigenvalue weighted by Gasteiger charge is -2.11. The van der Waals surface area contributed by atoms with Crippen LogP contribution in [0.25, 0.3) is 10.8 Å². The van der Waals surface area contributed by atoms with Crippen LogP contribution in [0.4, 0.5) is 0 Å². The van der Waals surface area contributed by atoms with Crippen LogP contribution >= 0.6 is 11.3 Å². The Bertz CT molecular complexity index is 631. The van der Waals surface area contributed by atoms with Gasteiger partial charge in [-0.2, -0.15) is 4.31 Å². The zero-order valence-electron chi connectivity index (χ0n) is 9.57. The van der Waals surface area contributed by atoms with E-state index in [0.717, 1.165) is 4.88 Å². The van der Waals surface area contributed by atoms with Crippen molar-refractivity contribution in [1.82, 2.24) is 9.29 Å². The van der Waals surface area contributed by atoms with Crippen LogP contribution in [0.5, 0.6) is 0 Å². The third kappa shape index (κ3) is 2.21. The Balaban J connectivity index is 1.79. The zero-order valence-corrected chi connectivity index (χ0v) is 11.2.